The number of rotatable bonds is 9. The average Bonchev–Trinajstić information content (AvgIpc) is 3.43. The molecule has 0 aliphatic rings. The Labute approximate surface area is 232 Å². The highest BCUT2D eigenvalue weighted by Gasteiger charge is 2.34. The number of carbonyl (C=O) groups is 1. The van der Waals surface area contributed by atoms with E-state index in [9.17, 15) is 18.0 Å². The standard InChI is InChI=1S/C27H24ClF3N4O3S/c1-15(34-24(16-4-8-18(37-2)9-5-16)17-6-10-19(38-3)11-7-17)26-33-14-22(39-26)25(36)35-23-12-20(27(29,30)31)21(28)13-32-23/h4-15,24,34H,1-3H3,(H,32,35,36). The number of methoxy groups -OCH3 is 2. The molecule has 2 heterocycles. The third kappa shape index (κ3) is 6.86. The zero-order valence-corrected chi connectivity index (χ0v) is 22.6. The Morgan fingerprint density at radius 1 is 0.949 bits per heavy atom. The van der Waals surface area contributed by atoms with Gasteiger partial charge in [-0.15, -0.1) is 11.3 Å². The number of alkyl halides is 3. The van der Waals surface area contributed by atoms with Crippen molar-refractivity contribution in [1.82, 2.24) is 15.3 Å². The first-order chi connectivity index (χ1) is 18.6. The van der Waals surface area contributed by atoms with E-state index in [0.717, 1.165) is 40.2 Å². The number of pyridine rings is 1. The maximum atomic E-state index is 13.2. The molecule has 1 amide bonds. The van der Waals surface area contributed by atoms with Gasteiger partial charge in [-0.05, 0) is 48.4 Å². The molecule has 0 aliphatic heterocycles. The van der Waals surface area contributed by atoms with Gasteiger partial charge in [-0.2, -0.15) is 13.2 Å². The number of ether oxygens (including phenoxy) is 2. The maximum Gasteiger partial charge on any atom is 0.418 e. The third-order valence-corrected chi connectivity index (χ3v) is 7.32. The Bertz CT molecular complexity index is 1380. The van der Waals surface area contributed by atoms with Gasteiger partial charge in [0.25, 0.3) is 5.91 Å². The maximum absolute atomic E-state index is 13.2. The molecule has 0 saturated carbocycles. The highest BCUT2D eigenvalue weighted by Crippen LogP contribution is 2.35. The van der Waals surface area contributed by atoms with Crippen LogP contribution < -0.4 is 20.1 Å². The Kier molecular flexibility index (Phi) is 8.73. The minimum atomic E-state index is -4.68. The predicted molar refractivity (Wildman–Crippen MR) is 144 cm³/mol. The summed E-state index contributed by atoms with van der Waals surface area (Å²) in [5.74, 6) is 0.564. The fraction of sp³-hybridized carbons (Fsp3) is 0.222. The van der Waals surface area contributed by atoms with Crippen LogP contribution in [0, 0.1) is 0 Å². The highest BCUT2D eigenvalue weighted by molar-refractivity contribution is 7.13. The predicted octanol–water partition coefficient (Wildman–Crippen LogP) is 6.92. The van der Waals surface area contributed by atoms with Crippen molar-refractivity contribution >= 4 is 34.7 Å². The van der Waals surface area contributed by atoms with Crippen molar-refractivity contribution in [3.63, 3.8) is 0 Å². The number of aromatic nitrogens is 2. The lowest BCUT2D eigenvalue weighted by Gasteiger charge is -2.24. The van der Waals surface area contributed by atoms with Crippen molar-refractivity contribution in [2.75, 3.05) is 19.5 Å². The van der Waals surface area contributed by atoms with Crippen LogP contribution in [0.25, 0.3) is 0 Å². The van der Waals surface area contributed by atoms with Crippen LogP contribution in [0.15, 0.2) is 67.0 Å². The quantitative estimate of drug-likeness (QED) is 0.225. The number of amides is 1. The third-order valence-electron chi connectivity index (χ3n) is 5.84. The summed E-state index contributed by atoms with van der Waals surface area (Å²) >= 11 is 6.73. The lowest BCUT2D eigenvalue weighted by atomic mass is 9.97. The molecule has 0 saturated heterocycles. The minimum absolute atomic E-state index is 0.217. The molecule has 204 valence electrons. The van der Waals surface area contributed by atoms with Crippen LogP contribution in [-0.4, -0.2) is 30.1 Å². The van der Waals surface area contributed by atoms with Gasteiger partial charge in [0.2, 0.25) is 0 Å². The molecule has 1 unspecified atom stereocenters. The Morgan fingerprint density at radius 2 is 1.51 bits per heavy atom. The van der Waals surface area contributed by atoms with Gasteiger partial charge in [0.1, 0.15) is 27.2 Å². The molecular weight excluding hydrogens is 553 g/mol. The minimum Gasteiger partial charge on any atom is -0.497 e. The first-order valence-electron chi connectivity index (χ1n) is 11.6. The SMILES string of the molecule is COc1ccc(C(NC(C)c2ncc(C(=O)Nc3cc(C(F)(F)F)c(Cl)cn3)s2)c2ccc(OC)cc2)cc1. The van der Waals surface area contributed by atoms with E-state index >= 15 is 0 Å². The molecule has 2 aromatic carbocycles. The van der Waals surface area contributed by atoms with Crippen molar-refractivity contribution in [2.45, 2.75) is 25.2 Å². The molecule has 4 aromatic rings. The average molecular weight is 577 g/mol. The largest absolute Gasteiger partial charge is 0.497 e. The van der Waals surface area contributed by atoms with Crippen LogP contribution in [0.5, 0.6) is 11.5 Å². The van der Waals surface area contributed by atoms with Crippen molar-refractivity contribution in [3.05, 3.63) is 98.6 Å². The number of thiazole rings is 1. The van der Waals surface area contributed by atoms with Gasteiger partial charge in [-0.3, -0.25) is 10.1 Å². The second kappa shape index (κ2) is 12.0. The fourth-order valence-electron chi connectivity index (χ4n) is 3.79. The lowest BCUT2D eigenvalue weighted by molar-refractivity contribution is -0.137. The van der Waals surface area contributed by atoms with Crippen molar-refractivity contribution < 1.29 is 27.4 Å². The number of hydrogen-bond donors (Lipinski definition) is 2. The van der Waals surface area contributed by atoms with Gasteiger partial charge >= 0.3 is 6.18 Å². The second-order valence-corrected chi connectivity index (χ2v) is 9.90. The smallest absolute Gasteiger partial charge is 0.418 e. The zero-order chi connectivity index (χ0) is 28.2. The molecule has 0 bridgehead atoms. The topological polar surface area (TPSA) is 85.4 Å². The van der Waals surface area contributed by atoms with E-state index in [1.54, 1.807) is 14.2 Å². The van der Waals surface area contributed by atoms with E-state index in [4.69, 9.17) is 21.1 Å². The summed E-state index contributed by atoms with van der Waals surface area (Å²) in [6, 6.07) is 15.5. The van der Waals surface area contributed by atoms with E-state index in [-0.39, 0.29) is 22.8 Å². The van der Waals surface area contributed by atoms with Crippen LogP contribution in [-0.2, 0) is 6.18 Å². The summed E-state index contributed by atoms with van der Waals surface area (Å²) < 4.78 is 50.0. The van der Waals surface area contributed by atoms with E-state index in [2.05, 4.69) is 20.6 Å². The molecule has 0 aliphatic carbocycles. The van der Waals surface area contributed by atoms with Crippen LogP contribution in [0.1, 0.15) is 50.4 Å². The summed E-state index contributed by atoms with van der Waals surface area (Å²) in [5, 5.41) is 6.00. The van der Waals surface area contributed by atoms with Gasteiger partial charge in [0.15, 0.2) is 0 Å². The number of halogens is 4. The van der Waals surface area contributed by atoms with Gasteiger partial charge in [-0.25, -0.2) is 9.97 Å². The first kappa shape index (κ1) is 28.3. The summed E-state index contributed by atoms with van der Waals surface area (Å²) in [5.41, 5.74) is 0.883. The summed E-state index contributed by atoms with van der Waals surface area (Å²) in [6.45, 7) is 1.91. The molecule has 1 atom stereocenters. The fourth-order valence-corrected chi connectivity index (χ4v) is 4.83. The zero-order valence-electron chi connectivity index (χ0n) is 21.0. The second-order valence-electron chi connectivity index (χ2n) is 8.43. The van der Waals surface area contributed by atoms with E-state index in [0.29, 0.717) is 11.1 Å². The number of anilines is 1. The number of nitrogens with one attached hydrogen (secondary N) is 2. The molecule has 2 N–H and O–H groups in total. The summed E-state index contributed by atoms with van der Waals surface area (Å²) in [7, 11) is 3.20. The lowest BCUT2D eigenvalue weighted by Crippen LogP contribution is -2.25. The molecule has 0 spiro atoms. The van der Waals surface area contributed by atoms with E-state index in [1.165, 1.54) is 6.20 Å². The van der Waals surface area contributed by atoms with Crippen LogP contribution >= 0.6 is 22.9 Å². The van der Waals surface area contributed by atoms with Crippen LogP contribution in [0.2, 0.25) is 5.02 Å². The molecule has 0 fully saturated rings. The highest BCUT2D eigenvalue weighted by atomic mass is 35.5. The number of nitrogens with zero attached hydrogens (tertiary/aromatic N) is 2. The number of carbonyl (C=O) groups excluding carboxylic acids is 1. The number of benzene rings is 2. The van der Waals surface area contributed by atoms with Crippen molar-refractivity contribution in [1.29, 1.82) is 0 Å². The Hall–Kier alpha value is -3.67. The molecule has 12 heteroatoms. The molecule has 0 radical (unpaired) electrons. The summed E-state index contributed by atoms with van der Waals surface area (Å²) in [4.78, 5) is 21.1. The first-order valence-corrected chi connectivity index (χ1v) is 12.8. The molecular formula is C27H24ClF3N4O3S. The van der Waals surface area contributed by atoms with Gasteiger partial charge in [-0.1, -0.05) is 35.9 Å². The van der Waals surface area contributed by atoms with Crippen molar-refractivity contribution in [2.24, 2.45) is 0 Å². The van der Waals surface area contributed by atoms with Gasteiger partial charge in [0, 0.05) is 6.20 Å². The molecule has 4 rings (SSSR count). The van der Waals surface area contributed by atoms with Gasteiger partial charge in [0.05, 0.1) is 43.1 Å². The molecule has 2 aromatic heterocycles. The monoisotopic (exact) mass is 576 g/mol. The van der Waals surface area contributed by atoms with Crippen molar-refractivity contribution in [3.8, 4) is 11.5 Å². The van der Waals surface area contributed by atoms with E-state index in [1.807, 2.05) is 55.5 Å². The van der Waals surface area contributed by atoms with E-state index < -0.39 is 22.7 Å². The number of hydrogen-bond acceptors (Lipinski definition) is 7. The van der Waals surface area contributed by atoms with Crippen LogP contribution in [0.4, 0.5) is 19.0 Å². The van der Waals surface area contributed by atoms with Gasteiger partial charge < -0.3 is 14.8 Å². The Morgan fingerprint density at radius 3 is 2.03 bits per heavy atom. The summed E-state index contributed by atoms with van der Waals surface area (Å²) in [6.07, 6.45) is -2.45. The Balaban J connectivity index is 1.53. The normalized spacial score (nSPS) is 12.3. The van der Waals surface area contributed by atoms with Crippen LogP contribution in [0.3, 0.4) is 0 Å². The molecule has 39 heavy (non-hydrogen) atoms. The molecule has 7 nitrogen and oxygen atoms in total.